The van der Waals surface area contributed by atoms with E-state index in [0.29, 0.717) is 20.3 Å². The van der Waals surface area contributed by atoms with Gasteiger partial charge in [0.2, 0.25) is 0 Å². The average molecular weight is 424 g/mol. The normalized spacial score (nSPS) is 17.1. The highest BCUT2D eigenvalue weighted by Crippen LogP contribution is 2.44. The van der Waals surface area contributed by atoms with Gasteiger partial charge in [-0.15, -0.1) is 12.4 Å². The number of benzene rings is 1. The van der Waals surface area contributed by atoms with Crippen LogP contribution in [0.15, 0.2) is 33.7 Å². The molecule has 106 valence electrons. The van der Waals surface area contributed by atoms with Crippen molar-refractivity contribution < 1.29 is 14.6 Å². The molecule has 1 aliphatic rings. The van der Waals surface area contributed by atoms with Crippen molar-refractivity contribution in [2.24, 2.45) is 0 Å². The second kappa shape index (κ2) is 5.75. The minimum Gasteiger partial charge on any atom is -0.507 e. The van der Waals surface area contributed by atoms with Crippen LogP contribution in [0.1, 0.15) is 16.4 Å². The Morgan fingerprint density at radius 1 is 1.45 bits per heavy atom. The molecule has 0 aliphatic carbocycles. The zero-order valence-corrected chi connectivity index (χ0v) is 13.9. The summed E-state index contributed by atoms with van der Waals surface area (Å²) in [5.41, 5.74) is 0.344. The molecule has 2 heterocycles. The number of aromatic hydroxyl groups is 1. The number of halogens is 3. The number of hydrogen-bond acceptors (Lipinski definition) is 4. The molecule has 2 aromatic rings. The minimum absolute atomic E-state index is 0. The van der Waals surface area contributed by atoms with Gasteiger partial charge >= 0.3 is 0 Å². The lowest BCUT2D eigenvalue weighted by molar-refractivity contribution is 0.0838. The Labute approximate surface area is 137 Å². The van der Waals surface area contributed by atoms with Crippen molar-refractivity contribution in [3.63, 3.8) is 0 Å². The Morgan fingerprint density at radius 3 is 2.85 bits per heavy atom. The van der Waals surface area contributed by atoms with E-state index >= 15 is 0 Å². The highest BCUT2D eigenvalue weighted by Gasteiger charge is 2.34. The van der Waals surface area contributed by atoms with E-state index < -0.39 is 6.04 Å². The summed E-state index contributed by atoms with van der Waals surface area (Å²) in [6, 6.07) is 1.02. The summed E-state index contributed by atoms with van der Waals surface area (Å²) >= 11 is 6.52. The summed E-state index contributed by atoms with van der Waals surface area (Å²) in [7, 11) is 0. The topological polar surface area (TPSA) is 64.3 Å². The third kappa shape index (κ3) is 2.34. The van der Waals surface area contributed by atoms with Crippen LogP contribution >= 0.6 is 44.3 Å². The van der Waals surface area contributed by atoms with Crippen LogP contribution in [0.5, 0.6) is 11.5 Å². The van der Waals surface area contributed by atoms with Crippen LogP contribution in [-0.4, -0.2) is 27.0 Å². The minimum atomic E-state index is -0.472. The molecule has 0 amide bonds. The fourth-order valence-electron chi connectivity index (χ4n) is 2.04. The second-order valence-electron chi connectivity index (χ2n) is 4.10. The standard InChI is InChI=1S/C12H8Br2N2O3.ClH/c13-6-3-8(17)10(14)9-11(18)7(4-19-12(6)9)16-2-1-15-5-16;/h1-3,5,7,17H,4H2;1H. The number of phenolic OH excluding ortho intramolecular Hbond substituents is 1. The average Bonchev–Trinajstić information content (AvgIpc) is 2.89. The maximum atomic E-state index is 12.5. The Kier molecular flexibility index (Phi) is 4.41. The molecule has 1 N–H and O–H groups in total. The first-order valence-corrected chi connectivity index (χ1v) is 7.03. The van der Waals surface area contributed by atoms with Gasteiger partial charge < -0.3 is 14.4 Å². The van der Waals surface area contributed by atoms with E-state index in [2.05, 4.69) is 36.8 Å². The number of nitrogens with zero attached hydrogens (tertiary/aromatic N) is 2. The Bertz CT molecular complexity index is 661. The molecule has 20 heavy (non-hydrogen) atoms. The number of ether oxygens (including phenoxy) is 1. The van der Waals surface area contributed by atoms with E-state index in [1.165, 1.54) is 6.07 Å². The summed E-state index contributed by atoms with van der Waals surface area (Å²) in [5, 5.41) is 9.79. The molecule has 0 saturated heterocycles. The number of carbonyl (C=O) groups excluding carboxylic acids is 1. The van der Waals surface area contributed by atoms with Crippen molar-refractivity contribution >= 4 is 50.1 Å². The molecule has 0 radical (unpaired) electrons. The third-order valence-corrected chi connectivity index (χ3v) is 4.36. The van der Waals surface area contributed by atoms with Gasteiger partial charge in [0.05, 0.1) is 20.8 Å². The van der Waals surface area contributed by atoms with E-state index in [1.54, 1.807) is 23.3 Å². The van der Waals surface area contributed by atoms with Crippen molar-refractivity contribution in [2.75, 3.05) is 6.61 Å². The Morgan fingerprint density at radius 2 is 2.20 bits per heavy atom. The zero-order chi connectivity index (χ0) is 13.6. The largest absolute Gasteiger partial charge is 0.507 e. The van der Waals surface area contributed by atoms with E-state index in [1.807, 2.05) is 0 Å². The van der Waals surface area contributed by atoms with Crippen LogP contribution in [0, 0.1) is 0 Å². The molecule has 1 aromatic carbocycles. The lowest BCUT2D eigenvalue weighted by Gasteiger charge is -2.26. The van der Waals surface area contributed by atoms with Gasteiger partial charge in [0.25, 0.3) is 0 Å². The number of Topliss-reactive ketones (excluding diaryl/α,β-unsaturated/α-hetero) is 1. The number of imidazole rings is 1. The smallest absolute Gasteiger partial charge is 0.194 e. The second-order valence-corrected chi connectivity index (χ2v) is 5.74. The van der Waals surface area contributed by atoms with E-state index in [0.717, 1.165) is 0 Å². The molecular formula is C12H9Br2ClN2O3. The number of phenols is 1. The maximum Gasteiger partial charge on any atom is 0.194 e. The van der Waals surface area contributed by atoms with Gasteiger partial charge in [0.15, 0.2) is 5.78 Å². The zero-order valence-electron chi connectivity index (χ0n) is 9.92. The van der Waals surface area contributed by atoms with Crippen LogP contribution < -0.4 is 4.74 Å². The van der Waals surface area contributed by atoms with Crippen LogP contribution in [0.25, 0.3) is 0 Å². The number of hydrogen-bond donors (Lipinski definition) is 1. The van der Waals surface area contributed by atoms with Gasteiger partial charge in [-0.3, -0.25) is 4.79 Å². The molecule has 1 aliphatic heterocycles. The Balaban J connectivity index is 0.00000147. The molecule has 1 unspecified atom stereocenters. The highest BCUT2D eigenvalue weighted by molar-refractivity contribution is 9.11. The molecule has 1 atom stereocenters. The van der Waals surface area contributed by atoms with Crippen LogP contribution in [0.4, 0.5) is 0 Å². The molecule has 1 aromatic heterocycles. The predicted molar refractivity (Wildman–Crippen MR) is 81.8 cm³/mol. The molecule has 3 rings (SSSR count). The molecule has 0 spiro atoms. The molecule has 8 heteroatoms. The quantitative estimate of drug-likeness (QED) is 0.763. The first-order chi connectivity index (χ1) is 9.09. The molecular weight excluding hydrogens is 415 g/mol. The molecule has 0 bridgehead atoms. The number of rotatable bonds is 1. The first kappa shape index (κ1) is 15.3. The van der Waals surface area contributed by atoms with E-state index in [4.69, 9.17) is 4.74 Å². The number of carbonyl (C=O) groups is 1. The summed E-state index contributed by atoms with van der Waals surface area (Å²) < 4.78 is 8.23. The Hall–Kier alpha value is -1.05. The van der Waals surface area contributed by atoms with Crippen molar-refractivity contribution in [3.8, 4) is 11.5 Å². The fourth-order valence-corrected chi connectivity index (χ4v) is 3.06. The summed E-state index contributed by atoms with van der Waals surface area (Å²) in [6.45, 7) is 0.234. The lowest BCUT2D eigenvalue weighted by atomic mass is 10.0. The molecule has 5 nitrogen and oxygen atoms in total. The van der Waals surface area contributed by atoms with Crippen molar-refractivity contribution in [1.82, 2.24) is 9.55 Å². The summed E-state index contributed by atoms with van der Waals surface area (Å²) in [5.74, 6) is 0.322. The fraction of sp³-hybridized carbons (Fsp3) is 0.167. The molecule has 0 saturated carbocycles. The summed E-state index contributed by atoms with van der Waals surface area (Å²) in [4.78, 5) is 16.5. The van der Waals surface area contributed by atoms with Crippen LogP contribution in [0.3, 0.4) is 0 Å². The van der Waals surface area contributed by atoms with Crippen LogP contribution in [-0.2, 0) is 0 Å². The SMILES string of the molecule is Cl.O=C1c2c(Br)c(O)cc(Br)c2OCC1n1ccnc1. The van der Waals surface area contributed by atoms with Crippen molar-refractivity contribution in [1.29, 1.82) is 0 Å². The number of fused-ring (bicyclic) bond motifs is 1. The number of aromatic nitrogens is 2. The van der Waals surface area contributed by atoms with Crippen LogP contribution in [0.2, 0.25) is 0 Å². The maximum absolute atomic E-state index is 12.5. The monoisotopic (exact) mass is 422 g/mol. The highest BCUT2D eigenvalue weighted by atomic mass is 79.9. The summed E-state index contributed by atoms with van der Waals surface area (Å²) in [6.07, 6.45) is 4.89. The van der Waals surface area contributed by atoms with Crippen molar-refractivity contribution in [3.05, 3.63) is 39.3 Å². The first-order valence-electron chi connectivity index (χ1n) is 5.45. The van der Waals surface area contributed by atoms with Gasteiger partial charge in [-0.1, -0.05) is 0 Å². The van der Waals surface area contributed by atoms with E-state index in [9.17, 15) is 9.90 Å². The molecule has 0 fully saturated rings. The predicted octanol–water partition coefficient (Wildman–Crippen LogP) is 3.35. The van der Waals surface area contributed by atoms with Crippen molar-refractivity contribution in [2.45, 2.75) is 6.04 Å². The van der Waals surface area contributed by atoms with Gasteiger partial charge in [0.1, 0.15) is 24.1 Å². The van der Waals surface area contributed by atoms with Gasteiger partial charge in [-0.25, -0.2) is 4.98 Å². The lowest BCUT2D eigenvalue weighted by Crippen LogP contribution is -2.30. The van der Waals surface area contributed by atoms with Gasteiger partial charge in [-0.05, 0) is 37.9 Å². The van der Waals surface area contributed by atoms with Gasteiger partial charge in [-0.2, -0.15) is 0 Å². The van der Waals surface area contributed by atoms with Gasteiger partial charge in [0, 0.05) is 12.4 Å². The third-order valence-electron chi connectivity index (χ3n) is 2.97. The number of ketones is 1. The van der Waals surface area contributed by atoms with E-state index in [-0.39, 0.29) is 30.5 Å².